The van der Waals surface area contributed by atoms with E-state index in [4.69, 9.17) is 16.3 Å². The molecule has 2 aromatic rings. The number of rotatable bonds is 6. The molecule has 0 atom stereocenters. The summed E-state index contributed by atoms with van der Waals surface area (Å²) in [6.07, 6.45) is 2.27. The number of hydrogen-bond donors (Lipinski definition) is 1. The first-order chi connectivity index (χ1) is 9.74. The van der Waals surface area contributed by atoms with Gasteiger partial charge in [0.25, 0.3) is 0 Å². The molecule has 5 heteroatoms. The number of nitrogens with one attached hydrogen (secondary N) is 1. The van der Waals surface area contributed by atoms with E-state index >= 15 is 0 Å². The lowest BCUT2D eigenvalue weighted by molar-refractivity contribution is 0.185. The number of methoxy groups -OCH3 is 1. The molecule has 4 nitrogen and oxygen atoms in total. The first-order valence-electron chi connectivity index (χ1n) is 6.54. The van der Waals surface area contributed by atoms with Crippen molar-refractivity contribution < 1.29 is 4.74 Å². The quantitative estimate of drug-likeness (QED) is 0.828. The monoisotopic (exact) mass is 291 g/mol. The van der Waals surface area contributed by atoms with Gasteiger partial charge in [0, 0.05) is 19.2 Å². The molecule has 2 rings (SSSR count). The SMILES string of the molecule is CCc1c(Cl)ncnc1NCc1cccc(COC)c1. The molecular weight excluding hydrogens is 274 g/mol. The second kappa shape index (κ2) is 7.22. The lowest BCUT2D eigenvalue weighted by atomic mass is 10.1. The summed E-state index contributed by atoms with van der Waals surface area (Å²) in [6, 6.07) is 8.26. The van der Waals surface area contributed by atoms with Crippen LogP contribution in [0.3, 0.4) is 0 Å². The van der Waals surface area contributed by atoms with Crippen molar-refractivity contribution in [3.05, 3.63) is 52.4 Å². The van der Waals surface area contributed by atoms with Gasteiger partial charge < -0.3 is 10.1 Å². The highest BCUT2D eigenvalue weighted by Gasteiger charge is 2.07. The number of anilines is 1. The molecule has 1 aromatic carbocycles. The minimum atomic E-state index is 0.512. The summed E-state index contributed by atoms with van der Waals surface area (Å²) in [5.74, 6) is 0.796. The molecule has 20 heavy (non-hydrogen) atoms. The Morgan fingerprint density at radius 1 is 1.25 bits per heavy atom. The number of benzene rings is 1. The van der Waals surface area contributed by atoms with Crippen molar-refractivity contribution in [2.45, 2.75) is 26.5 Å². The van der Waals surface area contributed by atoms with Crippen LogP contribution in [-0.4, -0.2) is 17.1 Å². The van der Waals surface area contributed by atoms with E-state index in [-0.39, 0.29) is 0 Å². The Morgan fingerprint density at radius 3 is 2.80 bits per heavy atom. The first-order valence-corrected chi connectivity index (χ1v) is 6.92. The van der Waals surface area contributed by atoms with Gasteiger partial charge in [0.05, 0.1) is 6.61 Å². The predicted molar refractivity (Wildman–Crippen MR) is 80.9 cm³/mol. The van der Waals surface area contributed by atoms with Crippen molar-refractivity contribution >= 4 is 17.4 Å². The van der Waals surface area contributed by atoms with Crippen LogP contribution < -0.4 is 5.32 Å². The summed E-state index contributed by atoms with van der Waals surface area (Å²) in [5, 5.41) is 3.83. The van der Waals surface area contributed by atoms with Crippen LogP contribution in [0.15, 0.2) is 30.6 Å². The summed E-state index contributed by atoms with van der Waals surface area (Å²) in [4.78, 5) is 8.25. The van der Waals surface area contributed by atoms with Gasteiger partial charge in [-0.1, -0.05) is 42.8 Å². The molecule has 1 N–H and O–H groups in total. The zero-order chi connectivity index (χ0) is 14.4. The summed E-state index contributed by atoms with van der Waals surface area (Å²) < 4.78 is 5.14. The fourth-order valence-corrected chi connectivity index (χ4v) is 2.31. The Balaban J connectivity index is 2.09. The van der Waals surface area contributed by atoms with Gasteiger partial charge in [-0.2, -0.15) is 0 Å². The van der Waals surface area contributed by atoms with Crippen molar-refractivity contribution in [3.63, 3.8) is 0 Å². The number of nitrogens with zero attached hydrogens (tertiary/aromatic N) is 2. The smallest absolute Gasteiger partial charge is 0.137 e. The zero-order valence-electron chi connectivity index (χ0n) is 11.7. The van der Waals surface area contributed by atoms with Crippen LogP contribution in [0.2, 0.25) is 5.15 Å². The molecular formula is C15H18ClN3O. The van der Waals surface area contributed by atoms with Gasteiger partial charge in [-0.15, -0.1) is 0 Å². The van der Waals surface area contributed by atoms with Crippen LogP contribution in [0, 0.1) is 0 Å². The van der Waals surface area contributed by atoms with Gasteiger partial charge in [0.15, 0.2) is 0 Å². The predicted octanol–water partition coefficient (Wildman–Crippen LogP) is 3.45. The Morgan fingerprint density at radius 2 is 2.05 bits per heavy atom. The summed E-state index contributed by atoms with van der Waals surface area (Å²) in [6.45, 7) is 3.35. The molecule has 0 fully saturated rings. The maximum absolute atomic E-state index is 6.07. The van der Waals surface area contributed by atoms with Gasteiger partial charge in [0.1, 0.15) is 17.3 Å². The molecule has 0 aliphatic rings. The molecule has 1 aromatic heterocycles. The molecule has 0 saturated heterocycles. The van der Waals surface area contributed by atoms with E-state index in [9.17, 15) is 0 Å². The largest absolute Gasteiger partial charge is 0.380 e. The topological polar surface area (TPSA) is 47.0 Å². The van der Waals surface area contributed by atoms with Crippen LogP contribution in [0.4, 0.5) is 5.82 Å². The maximum Gasteiger partial charge on any atom is 0.137 e. The van der Waals surface area contributed by atoms with Crippen molar-refractivity contribution in [1.82, 2.24) is 9.97 Å². The summed E-state index contributed by atoms with van der Waals surface area (Å²) >= 11 is 6.07. The van der Waals surface area contributed by atoms with Gasteiger partial charge in [-0.05, 0) is 17.5 Å². The lowest BCUT2D eigenvalue weighted by Crippen LogP contribution is -2.06. The molecule has 0 amide bonds. The second-order valence-electron chi connectivity index (χ2n) is 4.45. The van der Waals surface area contributed by atoms with Crippen molar-refractivity contribution in [2.75, 3.05) is 12.4 Å². The average Bonchev–Trinajstić information content (AvgIpc) is 2.46. The van der Waals surface area contributed by atoms with E-state index in [0.717, 1.165) is 23.4 Å². The third-order valence-electron chi connectivity index (χ3n) is 3.01. The van der Waals surface area contributed by atoms with Crippen LogP contribution in [0.25, 0.3) is 0 Å². The van der Waals surface area contributed by atoms with Gasteiger partial charge in [-0.3, -0.25) is 0 Å². The van der Waals surface area contributed by atoms with Gasteiger partial charge >= 0.3 is 0 Å². The summed E-state index contributed by atoms with van der Waals surface area (Å²) in [5.41, 5.74) is 3.28. The molecule has 1 heterocycles. The molecule has 0 spiro atoms. The molecule has 0 saturated carbocycles. The number of aromatic nitrogens is 2. The lowest BCUT2D eigenvalue weighted by Gasteiger charge is -2.11. The zero-order valence-corrected chi connectivity index (χ0v) is 12.4. The van der Waals surface area contributed by atoms with E-state index in [1.54, 1.807) is 7.11 Å². The average molecular weight is 292 g/mol. The van der Waals surface area contributed by atoms with Gasteiger partial charge in [-0.25, -0.2) is 9.97 Å². The standard InChI is InChI=1S/C15H18ClN3O/c1-3-13-14(16)18-10-19-15(13)17-8-11-5-4-6-12(7-11)9-20-2/h4-7,10H,3,8-9H2,1-2H3,(H,17,18,19). The Labute approximate surface area is 124 Å². The van der Waals surface area contributed by atoms with E-state index in [0.29, 0.717) is 18.3 Å². The Bertz CT molecular complexity index is 575. The highest BCUT2D eigenvalue weighted by molar-refractivity contribution is 6.30. The normalized spacial score (nSPS) is 10.6. The van der Waals surface area contributed by atoms with Crippen LogP contribution >= 0.6 is 11.6 Å². The Kier molecular flexibility index (Phi) is 5.32. The fraction of sp³-hybridized carbons (Fsp3) is 0.333. The number of halogens is 1. The number of ether oxygens (including phenoxy) is 1. The van der Waals surface area contributed by atoms with E-state index in [2.05, 4.69) is 27.4 Å². The fourth-order valence-electron chi connectivity index (χ4n) is 2.04. The van der Waals surface area contributed by atoms with E-state index in [1.807, 2.05) is 19.1 Å². The molecule has 0 unspecified atom stereocenters. The second-order valence-corrected chi connectivity index (χ2v) is 4.81. The highest BCUT2D eigenvalue weighted by atomic mass is 35.5. The number of hydrogen-bond acceptors (Lipinski definition) is 4. The Hall–Kier alpha value is -1.65. The molecule has 0 bridgehead atoms. The van der Waals surface area contributed by atoms with Crippen LogP contribution in [0.1, 0.15) is 23.6 Å². The van der Waals surface area contributed by atoms with Gasteiger partial charge in [0.2, 0.25) is 0 Å². The molecule has 0 aliphatic heterocycles. The van der Waals surface area contributed by atoms with E-state index in [1.165, 1.54) is 11.9 Å². The third-order valence-corrected chi connectivity index (χ3v) is 3.33. The maximum atomic E-state index is 6.07. The molecule has 0 aliphatic carbocycles. The van der Waals surface area contributed by atoms with Crippen molar-refractivity contribution in [2.24, 2.45) is 0 Å². The third kappa shape index (κ3) is 3.68. The van der Waals surface area contributed by atoms with Crippen molar-refractivity contribution in [3.8, 4) is 0 Å². The molecule has 0 radical (unpaired) electrons. The van der Waals surface area contributed by atoms with Crippen molar-refractivity contribution in [1.29, 1.82) is 0 Å². The first kappa shape index (κ1) is 14.8. The van der Waals surface area contributed by atoms with E-state index < -0.39 is 0 Å². The molecule has 106 valence electrons. The minimum Gasteiger partial charge on any atom is -0.380 e. The minimum absolute atomic E-state index is 0.512. The highest BCUT2D eigenvalue weighted by Crippen LogP contribution is 2.20. The van der Waals surface area contributed by atoms with Crippen LogP contribution in [0.5, 0.6) is 0 Å². The van der Waals surface area contributed by atoms with Crippen LogP contribution in [-0.2, 0) is 24.3 Å². The summed E-state index contributed by atoms with van der Waals surface area (Å²) in [7, 11) is 1.70.